The number of piperidine rings is 1. The fraction of sp³-hybridized carbons (Fsp3) is 0.533. The molecule has 3 nitrogen and oxygen atoms in total. The first-order chi connectivity index (χ1) is 9.88. The predicted molar refractivity (Wildman–Crippen MR) is 74.9 cm³/mol. The van der Waals surface area contributed by atoms with Crippen molar-refractivity contribution >= 4 is 11.6 Å². The highest BCUT2D eigenvalue weighted by Gasteiger charge is 2.43. The second-order valence-electron chi connectivity index (χ2n) is 5.41. The molecule has 1 N–H and O–H groups in total. The molecule has 1 aliphatic rings. The zero-order chi connectivity index (χ0) is 15.5. The summed E-state index contributed by atoms with van der Waals surface area (Å²) >= 11 is 0. The molecule has 1 amide bonds. The number of amides is 1. The number of alkyl halides is 3. The lowest BCUT2D eigenvalue weighted by atomic mass is 9.96. The van der Waals surface area contributed by atoms with Crippen molar-refractivity contribution < 1.29 is 18.0 Å². The average molecular weight is 300 g/mol. The molecule has 0 saturated carbocycles. The number of benzene rings is 1. The maximum absolute atomic E-state index is 12.8. The first-order valence-electron chi connectivity index (χ1n) is 7.04. The molecule has 2 rings (SSSR count). The number of halogens is 3. The molecule has 1 aromatic rings. The number of para-hydroxylation sites is 1. The number of rotatable bonds is 3. The van der Waals surface area contributed by atoms with E-state index in [1.54, 1.807) is 36.1 Å². The number of likely N-dealkylation sites (tertiary alicyclic amines) is 1. The van der Waals surface area contributed by atoms with Crippen LogP contribution in [0.3, 0.4) is 0 Å². The molecule has 0 radical (unpaired) electrons. The summed E-state index contributed by atoms with van der Waals surface area (Å²) in [5, 5.41) is 2.73. The molecular weight excluding hydrogens is 281 g/mol. The maximum atomic E-state index is 12.8. The van der Waals surface area contributed by atoms with Crippen molar-refractivity contribution in [1.82, 2.24) is 4.90 Å². The molecule has 1 aliphatic heterocycles. The lowest BCUT2D eigenvalue weighted by Gasteiger charge is -2.36. The van der Waals surface area contributed by atoms with Gasteiger partial charge in [-0.25, -0.2) is 0 Å². The van der Waals surface area contributed by atoms with E-state index >= 15 is 0 Å². The van der Waals surface area contributed by atoms with Crippen LogP contribution in [0.2, 0.25) is 0 Å². The molecule has 1 fully saturated rings. The van der Waals surface area contributed by atoms with E-state index in [0.717, 1.165) is 0 Å². The summed E-state index contributed by atoms with van der Waals surface area (Å²) in [7, 11) is 0. The molecule has 1 aromatic carbocycles. The van der Waals surface area contributed by atoms with Crippen LogP contribution in [-0.4, -0.2) is 36.1 Å². The van der Waals surface area contributed by atoms with Crippen LogP contribution < -0.4 is 5.32 Å². The van der Waals surface area contributed by atoms with Crippen molar-refractivity contribution in [2.75, 3.05) is 18.4 Å². The SMILES string of the molecule is C[C@H](C(=O)Nc1ccccc1)N1CCC[C@H](C(F)(F)F)C1. The topological polar surface area (TPSA) is 32.3 Å². The highest BCUT2D eigenvalue weighted by molar-refractivity contribution is 5.94. The Morgan fingerprint density at radius 2 is 2.00 bits per heavy atom. The minimum Gasteiger partial charge on any atom is -0.325 e. The van der Waals surface area contributed by atoms with Gasteiger partial charge in [-0.15, -0.1) is 0 Å². The van der Waals surface area contributed by atoms with E-state index < -0.39 is 18.1 Å². The van der Waals surface area contributed by atoms with E-state index in [1.807, 2.05) is 6.07 Å². The number of nitrogens with one attached hydrogen (secondary N) is 1. The van der Waals surface area contributed by atoms with Crippen LogP contribution in [0.15, 0.2) is 30.3 Å². The molecule has 6 heteroatoms. The van der Waals surface area contributed by atoms with Gasteiger partial charge < -0.3 is 5.32 Å². The molecule has 0 aromatic heterocycles. The van der Waals surface area contributed by atoms with Crippen LogP contribution >= 0.6 is 0 Å². The molecule has 2 atom stereocenters. The van der Waals surface area contributed by atoms with E-state index in [2.05, 4.69) is 5.32 Å². The summed E-state index contributed by atoms with van der Waals surface area (Å²) < 4.78 is 38.4. The van der Waals surface area contributed by atoms with Crippen molar-refractivity contribution in [1.29, 1.82) is 0 Å². The number of anilines is 1. The van der Waals surface area contributed by atoms with Gasteiger partial charge >= 0.3 is 6.18 Å². The molecule has 0 unspecified atom stereocenters. The number of hydrogen-bond acceptors (Lipinski definition) is 2. The van der Waals surface area contributed by atoms with Crippen molar-refractivity contribution in [2.24, 2.45) is 5.92 Å². The van der Waals surface area contributed by atoms with E-state index in [9.17, 15) is 18.0 Å². The zero-order valence-corrected chi connectivity index (χ0v) is 11.9. The van der Waals surface area contributed by atoms with Gasteiger partial charge in [0.2, 0.25) is 5.91 Å². The standard InChI is InChI=1S/C15H19F3N2O/c1-11(14(21)19-13-7-3-2-4-8-13)20-9-5-6-12(10-20)15(16,17)18/h2-4,7-8,11-12H,5-6,9-10H2,1H3,(H,19,21)/t11-,12+/m1/s1. The second-order valence-corrected chi connectivity index (χ2v) is 5.41. The third-order valence-corrected chi connectivity index (χ3v) is 3.88. The van der Waals surface area contributed by atoms with Crippen LogP contribution in [0.1, 0.15) is 19.8 Å². The smallest absolute Gasteiger partial charge is 0.325 e. The van der Waals surface area contributed by atoms with Crippen LogP contribution in [0.4, 0.5) is 18.9 Å². The minimum atomic E-state index is -4.19. The lowest BCUT2D eigenvalue weighted by Crippen LogP contribution is -2.49. The van der Waals surface area contributed by atoms with Gasteiger partial charge in [-0.3, -0.25) is 9.69 Å². The van der Waals surface area contributed by atoms with Gasteiger partial charge in [-0.1, -0.05) is 18.2 Å². The van der Waals surface area contributed by atoms with Crippen molar-refractivity contribution in [3.63, 3.8) is 0 Å². The van der Waals surface area contributed by atoms with Gasteiger partial charge in [0.15, 0.2) is 0 Å². The quantitative estimate of drug-likeness (QED) is 0.929. The summed E-state index contributed by atoms with van der Waals surface area (Å²) in [4.78, 5) is 13.7. The Morgan fingerprint density at radius 1 is 1.33 bits per heavy atom. The summed E-state index contributed by atoms with van der Waals surface area (Å²) in [6.07, 6.45) is -3.57. The Hall–Kier alpha value is -1.56. The van der Waals surface area contributed by atoms with Crippen LogP contribution in [0.5, 0.6) is 0 Å². The largest absolute Gasteiger partial charge is 0.393 e. The summed E-state index contributed by atoms with van der Waals surface area (Å²) in [6, 6.07) is 8.34. The summed E-state index contributed by atoms with van der Waals surface area (Å²) in [5.74, 6) is -1.61. The molecule has 21 heavy (non-hydrogen) atoms. The Labute approximate surface area is 122 Å². The van der Waals surface area contributed by atoms with Gasteiger partial charge in [0.25, 0.3) is 0 Å². The van der Waals surface area contributed by atoms with Crippen molar-refractivity contribution in [3.8, 4) is 0 Å². The fourth-order valence-electron chi connectivity index (χ4n) is 2.56. The van der Waals surface area contributed by atoms with Crippen LogP contribution in [0.25, 0.3) is 0 Å². The van der Waals surface area contributed by atoms with Gasteiger partial charge in [-0.2, -0.15) is 13.2 Å². The predicted octanol–water partition coefficient (Wildman–Crippen LogP) is 3.29. The van der Waals surface area contributed by atoms with E-state index in [-0.39, 0.29) is 18.9 Å². The van der Waals surface area contributed by atoms with Gasteiger partial charge in [0.1, 0.15) is 0 Å². The normalized spacial score (nSPS) is 21.8. The molecule has 1 heterocycles. The van der Waals surface area contributed by atoms with Crippen LogP contribution in [-0.2, 0) is 4.79 Å². The molecule has 0 aliphatic carbocycles. The molecule has 1 saturated heterocycles. The molecule has 0 bridgehead atoms. The Morgan fingerprint density at radius 3 is 2.62 bits per heavy atom. The number of hydrogen-bond donors (Lipinski definition) is 1. The summed E-state index contributed by atoms with van der Waals surface area (Å²) in [5.41, 5.74) is 0.652. The first kappa shape index (κ1) is 15.8. The first-order valence-corrected chi connectivity index (χ1v) is 7.04. The Balaban J connectivity index is 1.96. The molecular formula is C15H19F3N2O. The molecule has 0 spiro atoms. The monoisotopic (exact) mass is 300 g/mol. The highest BCUT2D eigenvalue weighted by atomic mass is 19.4. The Kier molecular flexibility index (Phi) is 4.88. The fourth-order valence-corrected chi connectivity index (χ4v) is 2.56. The van der Waals surface area contributed by atoms with E-state index in [1.165, 1.54) is 0 Å². The number of carbonyl (C=O) groups excluding carboxylic acids is 1. The number of nitrogens with zero attached hydrogens (tertiary/aromatic N) is 1. The minimum absolute atomic E-state index is 0.104. The second kappa shape index (κ2) is 6.47. The summed E-state index contributed by atoms with van der Waals surface area (Å²) in [6.45, 7) is 2.07. The lowest BCUT2D eigenvalue weighted by molar-refractivity contribution is -0.188. The van der Waals surface area contributed by atoms with E-state index in [4.69, 9.17) is 0 Å². The zero-order valence-electron chi connectivity index (χ0n) is 11.9. The van der Waals surface area contributed by atoms with Crippen molar-refractivity contribution in [3.05, 3.63) is 30.3 Å². The third-order valence-electron chi connectivity index (χ3n) is 3.88. The molecule has 116 valence electrons. The van der Waals surface area contributed by atoms with Gasteiger partial charge in [0.05, 0.1) is 12.0 Å². The van der Waals surface area contributed by atoms with Crippen LogP contribution in [0, 0.1) is 5.92 Å². The van der Waals surface area contributed by atoms with Gasteiger partial charge in [0, 0.05) is 12.2 Å². The highest BCUT2D eigenvalue weighted by Crippen LogP contribution is 2.33. The van der Waals surface area contributed by atoms with Crippen molar-refractivity contribution in [2.45, 2.75) is 32.0 Å². The average Bonchev–Trinajstić information content (AvgIpc) is 2.46. The maximum Gasteiger partial charge on any atom is 0.393 e. The Bertz CT molecular complexity index is 476. The third kappa shape index (κ3) is 4.20. The number of carbonyl (C=O) groups is 1. The van der Waals surface area contributed by atoms with Gasteiger partial charge in [-0.05, 0) is 38.4 Å². The van der Waals surface area contributed by atoms with E-state index in [0.29, 0.717) is 18.7 Å².